The molecule has 0 saturated heterocycles. The maximum absolute atomic E-state index is 5.17. The lowest BCUT2D eigenvalue weighted by Crippen LogP contribution is -2.32. The first-order valence-corrected chi connectivity index (χ1v) is 7.58. The van der Waals surface area contributed by atoms with Crippen molar-refractivity contribution in [2.45, 2.75) is 45.6 Å². The number of rotatable bonds is 8. The summed E-state index contributed by atoms with van der Waals surface area (Å²) in [7, 11) is 0. The van der Waals surface area contributed by atoms with E-state index in [-0.39, 0.29) is 0 Å². The Kier molecular flexibility index (Phi) is 5.87. The van der Waals surface area contributed by atoms with Crippen LogP contribution in [-0.4, -0.2) is 12.6 Å². The molecule has 0 fully saturated rings. The summed E-state index contributed by atoms with van der Waals surface area (Å²) in [6.45, 7) is 5.49. The molecule has 1 aromatic carbocycles. The Hall–Kier alpha value is -1.54. The number of furan rings is 1. The monoisotopic (exact) mass is 271 g/mol. The largest absolute Gasteiger partial charge is 0.472 e. The van der Waals surface area contributed by atoms with Gasteiger partial charge >= 0.3 is 0 Å². The van der Waals surface area contributed by atoms with Gasteiger partial charge in [-0.2, -0.15) is 0 Å². The average Bonchev–Trinajstić information content (AvgIpc) is 2.96. The molecular formula is C18H25NO. The van der Waals surface area contributed by atoms with Crippen molar-refractivity contribution in [1.82, 2.24) is 5.32 Å². The van der Waals surface area contributed by atoms with Gasteiger partial charge in [0.15, 0.2) is 0 Å². The summed E-state index contributed by atoms with van der Waals surface area (Å²) in [5, 5.41) is 3.66. The number of benzene rings is 1. The fraction of sp³-hybridized carbons (Fsp3) is 0.444. The second kappa shape index (κ2) is 7.91. The van der Waals surface area contributed by atoms with E-state index in [2.05, 4.69) is 49.5 Å². The van der Waals surface area contributed by atoms with Crippen molar-refractivity contribution in [3.05, 3.63) is 59.5 Å². The number of nitrogens with one attached hydrogen (secondary N) is 1. The highest BCUT2D eigenvalue weighted by atomic mass is 16.3. The normalized spacial score (nSPS) is 12.5. The highest BCUT2D eigenvalue weighted by molar-refractivity contribution is 5.25. The summed E-state index contributed by atoms with van der Waals surface area (Å²) in [4.78, 5) is 0. The molecule has 0 aliphatic carbocycles. The molecular weight excluding hydrogens is 246 g/mol. The van der Waals surface area contributed by atoms with E-state index >= 15 is 0 Å². The molecule has 0 radical (unpaired) electrons. The van der Waals surface area contributed by atoms with Crippen molar-refractivity contribution in [1.29, 1.82) is 0 Å². The van der Waals surface area contributed by atoms with Crippen molar-refractivity contribution < 1.29 is 4.42 Å². The fourth-order valence-corrected chi connectivity index (χ4v) is 2.54. The van der Waals surface area contributed by atoms with Crippen LogP contribution in [-0.2, 0) is 12.8 Å². The van der Waals surface area contributed by atoms with Crippen molar-refractivity contribution >= 4 is 0 Å². The molecule has 108 valence electrons. The first-order chi connectivity index (χ1) is 9.79. The molecule has 2 nitrogen and oxygen atoms in total. The van der Waals surface area contributed by atoms with Crippen LogP contribution in [0.15, 0.2) is 47.3 Å². The number of hydrogen-bond donors (Lipinski definition) is 1. The minimum absolute atomic E-state index is 0.521. The van der Waals surface area contributed by atoms with E-state index in [0.29, 0.717) is 6.04 Å². The van der Waals surface area contributed by atoms with Crippen molar-refractivity contribution in [2.75, 3.05) is 6.54 Å². The van der Waals surface area contributed by atoms with E-state index in [0.717, 1.165) is 25.8 Å². The van der Waals surface area contributed by atoms with Crippen LogP contribution in [0.25, 0.3) is 0 Å². The van der Waals surface area contributed by atoms with Gasteiger partial charge in [0.1, 0.15) is 0 Å². The van der Waals surface area contributed by atoms with Gasteiger partial charge in [0.25, 0.3) is 0 Å². The zero-order chi connectivity index (χ0) is 14.2. The topological polar surface area (TPSA) is 25.2 Å². The summed E-state index contributed by atoms with van der Waals surface area (Å²) in [6.07, 6.45) is 8.12. The lowest BCUT2D eigenvalue weighted by molar-refractivity contribution is 0.474. The average molecular weight is 271 g/mol. The standard InChI is InChI=1S/C18H25NO/c1-3-11-19-18(13-16-10-12-20-14-16)9-8-17-7-5-4-6-15(17)2/h4-7,10,12,14,18-19H,3,8-9,11,13H2,1-2H3. The smallest absolute Gasteiger partial charge is 0.0935 e. The van der Waals surface area contributed by atoms with Crippen LogP contribution in [0.1, 0.15) is 36.5 Å². The second-order valence-electron chi connectivity index (χ2n) is 5.45. The molecule has 2 heteroatoms. The maximum atomic E-state index is 5.17. The van der Waals surface area contributed by atoms with Crippen LogP contribution in [0.3, 0.4) is 0 Å². The summed E-state index contributed by atoms with van der Waals surface area (Å²) in [5.41, 5.74) is 4.14. The molecule has 2 rings (SSSR count). The molecule has 0 saturated carbocycles. The quantitative estimate of drug-likeness (QED) is 0.781. The third-order valence-corrected chi connectivity index (χ3v) is 3.77. The Labute approximate surface area is 122 Å². The summed E-state index contributed by atoms with van der Waals surface area (Å²) in [5.74, 6) is 0. The molecule has 20 heavy (non-hydrogen) atoms. The van der Waals surface area contributed by atoms with Crippen molar-refractivity contribution in [3.8, 4) is 0 Å². The zero-order valence-corrected chi connectivity index (χ0v) is 12.6. The van der Waals surface area contributed by atoms with E-state index in [9.17, 15) is 0 Å². The Morgan fingerprint density at radius 3 is 2.75 bits per heavy atom. The van der Waals surface area contributed by atoms with Gasteiger partial charge in [-0.15, -0.1) is 0 Å². The Morgan fingerprint density at radius 1 is 1.20 bits per heavy atom. The summed E-state index contributed by atoms with van der Waals surface area (Å²) in [6, 6.07) is 11.3. The lowest BCUT2D eigenvalue weighted by Gasteiger charge is -2.18. The van der Waals surface area contributed by atoms with Gasteiger partial charge in [-0.3, -0.25) is 0 Å². The Morgan fingerprint density at radius 2 is 2.05 bits per heavy atom. The molecule has 1 heterocycles. The lowest BCUT2D eigenvalue weighted by atomic mass is 9.98. The minimum Gasteiger partial charge on any atom is -0.472 e. The molecule has 0 aliphatic heterocycles. The summed E-state index contributed by atoms with van der Waals surface area (Å²) >= 11 is 0. The minimum atomic E-state index is 0.521. The van der Waals surface area contributed by atoms with E-state index < -0.39 is 0 Å². The van der Waals surface area contributed by atoms with Crippen LogP contribution in [0.2, 0.25) is 0 Å². The van der Waals surface area contributed by atoms with Gasteiger partial charge in [-0.25, -0.2) is 0 Å². The van der Waals surface area contributed by atoms with Gasteiger partial charge in [0.2, 0.25) is 0 Å². The van der Waals surface area contributed by atoms with E-state index in [1.54, 1.807) is 6.26 Å². The zero-order valence-electron chi connectivity index (χ0n) is 12.6. The number of hydrogen-bond acceptors (Lipinski definition) is 2. The maximum Gasteiger partial charge on any atom is 0.0935 e. The predicted octanol–water partition coefficient (Wildman–Crippen LogP) is 4.13. The van der Waals surface area contributed by atoms with Crippen molar-refractivity contribution in [3.63, 3.8) is 0 Å². The van der Waals surface area contributed by atoms with Gasteiger partial charge in [0, 0.05) is 6.04 Å². The van der Waals surface area contributed by atoms with E-state index in [1.165, 1.54) is 23.1 Å². The van der Waals surface area contributed by atoms with Crippen LogP contribution in [0.5, 0.6) is 0 Å². The molecule has 0 amide bonds. The fourth-order valence-electron chi connectivity index (χ4n) is 2.54. The van der Waals surface area contributed by atoms with Crippen LogP contribution in [0.4, 0.5) is 0 Å². The molecule has 1 atom stereocenters. The molecule has 0 bridgehead atoms. The van der Waals surface area contributed by atoms with E-state index in [4.69, 9.17) is 4.42 Å². The van der Waals surface area contributed by atoms with Crippen molar-refractivity contribution in [2.24, 2.45) is 0 Å². The van der Waals surface area contributed by atoms with Gasteiger partial charge in [-0.1, -0.05) is 31.2 Å². The Balaban J connectivity index is 1.91. The Bertz CT molecular complexity index is 490. The highest BCUT2D eigenvalue weighted by Crippen LogP contribution is 2.13. The first kappa shape index (κ1) is 14.9. The van der Waals surface area contributed by atoms with Crippen LogP contribution in [0, 0.1) is 6.92 Å². The SMILES string of the molecule is CCCNC(CCc1ccccc1C)Cc1ccoc1. The van der Waals surface area contributed by atoms with Gasteiger partial charge in [0.05, 0.1) is 12.5 Å². The van der Waals surface area contributed by atoms with Crippen LogP contribution < -0.4 is 5.32 Å². The molecule has 1 aromatic heterocycles. The molecule has 0 spiro atoms. The molecule has 0 aliphatic rings. The second-order valence-corrected chi connectivity index (χ2v) is 5.45. The molecule has 2 aromatic rings. The third kappa shape index (κ3) is 4.53. The first-order valence-electron chi connectivity index (χ1n) is 7.58. The molecule has 1 N–H and O–H groups in total. The van der Waals surface area contributed by atoms with Gasteiger partial charge < -0.3 is 9.73 Å². The third-order valence-electron chi connectivity index (χ3n) is 3.77. The number of aryl methyl sites for hydroxylation is 2. The summed E-state index contributed by atoms with van der Waals surface area (Å²) < 4.78 is 5.17. The predicted molar refractivity (Wildman–Crippen MR) is 84.0 cm³/mol. The highest BCUT2D eigenvalue weighted by Gasteiger charge is 2.10. The van der Waals surface area contributed by atoms with Crippen LogP contribution >= 0.6 is 0 Å². The van der Waals surface area contributed by atoms with Gasteiger partial charge in [-0.05, 0) is 61.9 Å². The molecule has 1 unspecified atom stereocenters. The van der Waals surface area contributed by atoms with E-state index in [1.807, 2.05) is 6.26 Å².